The van der Waals surface area contributed by atoms with Crippen molar-refractivity contribution in [2.45, 2.75) is 6.61 Å². The number of nitrogens with zero attached hydrogens (tertiary/aromatic N) is 1. The first-order valence-electron chi connectivity index (χ1n) is 9.33. The van der Waals surface area contributed by atoms with Crippen LogP contribution >= 0.6 is 0 Å². The van der Waals surface area contributed by atoms with Crippen molar-refractivity contribution in [2.24, 2.45) is 5.10 Å². The molecule has 0 aliphatic rings. The fraction of sp³-hybridized carbons (Fsp3) is 0.0870. The van der Waals surface area contributed by atoms with Crippen LogP contribution in [0.5, 0.6) is 11.5 Å². The van der Waals surface area contributed by atoms with Crippen LogP contribution in [0, 0.1) is 0 Å². The van der Waals surface area contributed by atoms with Crippen molar-refractivity contribution in [3.8, 4) is 11.5 Å². The van der Waals surface area contributed by atoms with E-state index < -0.39 is 12.0 Å². The van der Waals surface area contributed by atoms with Gasteiger partial charge in [0.25, 0.3) is 0 Å². The van der Waals surface area contributed by atoms with Gasteiger partial charge in [-0.25, -0.2) is 15.0 Å². The van der Waals surface area contributed by atoms with E-state index in [1.54, 1.807) is 48.5 Å². The SMILES string of the molecule is COc1cc(/C=N/NC(=O)Nc2ccccc2)ccc1OCc1cccc(C(=O)O)c1. The van der Waals surface area contributed by atoms with Gasteiger partial charge in [0.2, 0.25) is 0 Å². The van der Waals surface area contributed by atoms with Crippen molar-refractivity contribution in [3.63, 3.8) is 0 Å². The van der Waals surface area contributed by atoms with Gasteiger partial charge >= 0.3 is 12.0 Å². The fourth-order valence-corrected chi connectivity index (χ4v) is 2.68. The molecule has 2 amide bonds. The molecule has 0 radical (unpaired) electrons. The van der Waals surface area contributed by atoms with Crippen molar-refractivity contribution in [3.05, 3.63) is 89.5 Å². The molecule has 31 heavy (non-hydrogen) atoms. The van der Waals surface area contributed by atoms with E-state index in [-0.39, 0.29) is 12.2 Å². The minimum Gasteiger partial charge on any atom is -0.493 e. The summed E-state index contributed by atoms with van der Waals surface area (Å²) >= 11 is 0. The van der Waals surface area contributed by atoms with Gasteiger partial charge in [-0.05, 0) is 53.6 Å². The molecule has 3 N–H and O–H groups in total. The number of carbonyl (C=O) groups excluding carboxylic acids is 1. The van der Waals surface area contributed by atoms with Crippen LogP contribution in [-0.4, -0.2) is 30.4 Å². The lowest BCUT2D eigenvalue weighted by molar-refractivity contribution is 0.0696. The molecule has 0 spiro atoms. The highest BCUT2D eigenvalue weighted by molar-refractivity contribution is 5.90. The summed E-state index contributed by atoms with van der Waals surface area (Å²) in [4.78, 5) is 22.9. The minimum atomic E-state index is -0.992. The molecule has 0 aliphatic heterocycles. The molecule has 0 saturated heterocycles. The lowest BCUT2D eigenvalue weighted by Gasteiger charge is -2.11. The number of carbonyl (C=O) groups is 2. The molecule has 8 nitrogen and oxygen atoms in total. The number of hydrogen-bond donors (Lipinski definition) is 3. The standard InChI is InChI=1S/C23H21N3O5/c1-30-21-13-16(14-24-26-23(29)25-19-8-3-2-4-9-19)10-11-20(21)31-15-17-6-5-7-18(12-17)22(27)28/h2-14H,15H2,1H3,(H,27,28)(H2,25,26,29)/b24-14+. The number of aromatic carboxylic acids is 1. The zero-order valence-corrected chi connectivity index (χ0v) is 16.7. The Kier molecular flexibility index (Phi) is 7.21. The van der Waals surface area contributed by atoms with Gasteiger partial charge in [0.1, 0.15) is 6.61 Å². The maximum absolute atomic E-state index is 11.8. The molecule has 0 fully saturated rings. The number of ether oxygens (including phenoxy) is 2. The summed E-state index contributed by atoms with van der Waals surface area (Å²) in [5.74, 6) is -0.0173. The first-order chi connectivity index (χ1) is 15.0. The highest BCUT2D eigenvalue weighted by atomic mass is 16.5. The van der Waals surface area contributed by atoms with Crippen LogP contribution in [-0.2, 0) is 6.61 Å². The van der Waals surface area contributed by atoms with Gasteiger partial charge in [-0.2, -0.15) is 5.10 Å². The molecular formula is C23H21N3O5. The average Bonchev–Trinajstić information content (AvgIpc) is 2.79. The number of nitrogens with one attached hydrogen (secondary N) is 2. The predicted octanol–water partition coefficient (Wildman–Crippen LogP) is 4.13. The molecular weight excluding hydrogens is 398 g/mol. The van der Waals surface area contributed by atoms with Crippen LogP contribution in [0.3, 0.4) is 0 Å². The number of hydrogen-bond acceptors (Lipinski definition) is 5. The van der Waals surface area contributed by atoms with Crippen LogP contribution in [0.2, 0.25) is 0 Å². The van der Waals surface area contributed by atoms with Crippen LogP contribution < -0.4 is 20.2 Å². The maximum Gasteiger partial charge on any atom is 0.339 e. The summed E-state index contributed by atoms with van der Waals surface area (Å²) in [5.41, 5.74) is 4.66. The zero-order valence-electron chi connectivity index (χ0n) is 16.7. The van der Waals surface area contributed by atoms with Crippen LogP contribution in [0.4, 0.5) is 10.5 Å². The average molecular weight is 419 g/mol. The molecule has 0 heterocycles. The van der Waals surface area contributed by atoms with E-state index in [1.807, 2.05) is 18.2 Å². The molecule has 0 saturated carbocycles. The largest absolute Gasteiger partial charge is 0.493 e. The van der Waals surface area contributed by atoms with Gasteiger partial charge in [0, 0.05) is 5.69 Å². The van der Waals surface area contributed by atoms with E-state index in [4.69, 9.17) is 14.6 Å². The monoisotopic (exact) mass is 419 g/mol. The Morgan fingerprint density at radius 1 is 1.00 bits per heavy atom. The Morgan fingerprint density at radius 2 is 1.81 bits per heavy atom. The van der Waals surface area contributed by atoms with E-state index in [9.17, 15) is 9.59 Å². The number of para-hydroxylation sites is 1. The van der Waals surface area contributed by atoms with Gasteiger partial charge in [0.05, 0.1) is 18.9 Å². The molecule has 0 atom stereocenters. The summed E-state index contributed by atoms with van der Waals surface area (Å²) in [5, 5.41) is 15.7. The highest BCUT2D eigenvalue weighted by Gasteiger charge is 2.08. The molecule has 0 bridgehead atoms. The lowest BCUT2D eigenvalue weighted by Crippen LogP contribution is -2.24. The molecule has 3 rings (SSSR count). The quantitative estimate of drug-likeness (QED) is 0.376. The van der Waals surface area contributed by atoms with Crippen molar-refractivity contribution >= 4 is 23.9 Å². The first kappa shape index (κ1) is 21.4. The molecule has 0 aliphatic carbocycles. The van der Waals surface area contributed by atoms with E-state index in [1.165, 1.54) is 19.4 Å². The number of carboxylic acids is 1. The molecule has 158 valence electrons. The molecule has 3 aromatic carbocycles. The van der Waals surface area contributed by atoms with Crippen LogP contribution in [0.15, 0.2) is 77.9 Å². The number of carboxylic acid groups (broad SMARTS) is 1. The van der Waals surface area contributed by atoms with E-state index in [2.05, 4.69) is 15.8 Å². The van der Waals surface area contributed by atoms with Gasteiger partial charge in [0.15, 0.2) is 11.5 Å². The number of amides is 2. The summed E-state index contributed by atoms with van der Waals surface area (Å²) in [7, 11) is 1.51. The van der Waals surface area contributed by atoms with Crippen molar-refractivity contribution in [1.82, 2.24) is 5.43 Å². The van der Waals surface area contributed by atoms with Crippen molar-refractivity contribution < 1.29 is 24.2 Å². The maximum atomic E-state index is 11.8. The van der Waals surface area contributed by atoms with E-state index in [0.717, 1.165) is 5.56 Å². The van der Waals surface area contributed by atoms with Gasteiger partial charge in [-0.3, -0.25) is 0 Å². The summed E-state index contributed by atoms with van der Waals surface area (Å²) in [6, 6.07) is 20.3. The Hall–Kier alpha value is -4.33. The second-order valence-electron chi connectivity index (χ2n) is 6.39. The van der Waals surface area contributed by atoms with Crippen LogP contribution in [0.1, 0.15) is 21.5 Å². The molecule has 8 heteroatoms. The smallest absolute Gasteiger partial charge is 0.339 e. The normalized spacial score (nSPS) is 10.5. The fourth-order valence-electron chi connectivity index (χ4n) is 2.68. The predicted molar refractivity (Wildman–Crippen MR) is 117 cm³/mol. The number of methoxy groups -OCH3 is 1. The second-order valence-corrected chi connectivity index (χ2v) is 6.39. The zero-order chi connectivity index (χ0) is 22.1. The highest BCUT2D eigenvalue weighted by Crippen LogP contribution is 2.28. The van der Waals surface area contributed by atoms with Gasteiger partial charge < -0.3 is 19.9 Å². The molecule has 0 aromatic heterocycles. The van der Waals surface area contributed by atoms with E-state index >= 15 is 0 Å². The Bertz CT molecular complexity index is 1080. The number of hydrazone groups is 1. The number of rotatable bonds is 8. The number of anilines is 1. The second kappa shape index (κ2) is 10.4. The minimum absolute atomic E-state index is 0.187. The van der Waals surface area contributed by atoms with E-state index in [0.29, 0.717) is 22.7 Å². The topological polar surface area (TPSA) is 109 Å². The molecule has 3 aromatic rings. The lowest BCUT2D eigenvalue weighted by atomic mass is 10.1. The van der Waals surface area contributed by atoms with Gasteiger partial charge in [-0.1, -0.05) is 30.3 Å². The third kappa shape index (κ3) is 6.33. The van der Waals surface area contributed by atoms with Crippen LogP contribution in [0.25, 0.3) is 0 Å². The number of urea groups is 1. The Balaban J connectivity index is 1.59. The van der Waals surface area contributed by atoms with Crippen molar-refractivity contribution in [2.75, 3.05) is 12.4 Å². The summed E-state index contributed by atoms with van der Waals surface area (Å²) in [6.07, 6.45) is 1.48. The Morgan fingerprint density at radius 3 is 2.55 bits per heavy atom. The summed E-state index contributed by atoms with van der Waals surface area (Å²) < 4.78 is 11.1. The third-order valence-corrected chi connectivity index (χ3v) is 4.17. The summed E-state index contributed by atoms with van der Waals surface area (Å²) in [6.45, 7) is 0.187. The Labute approximate surface area is 179 Å². The van der Waals surface area contributed by atoms with Crippen molar-refractivity contribution in [1.29, 1.82) is 0 Å². The van der Waals surface area contributed by atoms with Gasteiger partial charge in [-0.15, -0.1) is 0 Å². The number of benzene rings is 3. The third-order valence-electron chi connectivity index (χ3n) is 4.17. The molecule has 0 unspecified atom stereocenters. The first-order valence-corrected chi connectivity index (χ1v) is 9.33.